The lowest BCUT2D eigenvalue weighted by Crippen LogP contribution is -2.30. The van der Waals surface area contributed by atoms with Crippen molar-refractivity contribution in [2.45, 2.75) is 63.4 Å². The Labute approximate surface area is 194 Å². The quantitative estimate of drug-likeness (QED) is 0.289. The van der Waals surface area contributed by atoms with Gasteiger partial charge in [0, 0.05) is 34.1 Å². The third-order valence-corrected chi connectivity index (χ3v) is 7.29. The van der Waals surface area contributed by atoms with Crippen LogP contribution in [0.3, 0.4) is 0 Å². The summed E-state index contributed by atoms with van der Waals surface area (Å²) in [7, 11) is -4.10. The van der Waals surface area contributed by atoms with Gasteiger partial charge in [-0.05, 0) is 23.0 Å². The smallest absolute Gasteiger partial charge is 0.266 e. The summed E-state index contributed by atoms with van der Waals surface area (Å²) >= 11 is 2.76. The lowest BCUT2D eigenvalue weighted by Gasteiger charge is -2.28. The summed E-state index contributed by atoms with van der Waals surface area (Å²) < 4.78 is 29.9. The number of benzene rings is 1. The monoisotopic (exact) mass is 493 g/mol. The maximum Gasteiger partial charge on any atom is 0.266 e. The number of aliphatic hydroxyl groups is 1. The number of hydrogen-bond acceptors (Lipinski definition) is 7. The Bertz CT molecular complexity index is 822. The van der Waals surface area contributed by atoms with E-state index in [0.29, 0.717) is 17.3 Å². The molecule has 178 valence electrons. The highest BCUT2D eigenvalue weighted by Gasteiger charge is 2.26. The normalized spacial score (nSPS) is 13.8. The van der Waals surface area contributed by atoms with Crippen LogP contribution in [0.1, 0.15) is 52.7 Å². The molecular weight excluding hydrogens is 458 g/mol. The van der Waals surface area contributed by atoms with Crippen LogP contribution in [0.5, 0.6) is 5.75 Å². The first-order valence-corrected chi connectivity index (χ1v) is 13.7. The average Bonchev–Trinajstić information content (AvgIpc) is 2.57. The number of hydrogen-bond donors (Lipinski definition) is 4. The van der Waals surface area contributed by atoms with E-state index in [1.54, 1.807) is 0 Å². The molecule has 0 aliphatic carbocycles. The number of thioether (sulfide) groups is 2. The second kappa shape index (κ2) is 11.3. The molecule has 0 bridgehead atoms. The standard InChI is InChI=1S/C21H35NO6S3/c1-20(2,3)16-9-15(10-17(19(16)25)21(4,5)6)30-12-14(23)11-29-13-18(24)22-7-8-31(26,27)28/h9-10,14,23,25H,7-8,11-13H2,1-6H3,(H,22,24)(H,26,27,28). The molecule has 0 saturated heterocycles. The number of carbonyl (C=O) groups excluding carboxylic acids is 1. The van der Waals surface area contributed by atoms with Gasteiger partial charge in [0.25, 0.3) is 10.1 Å². The van der Waals surface area contributed by atoms with Crippen LogP contribution in [0.15, 0.2) is 17.0 Å². The zero-order valence-electron chi connectivity index (χ0n) is 19.1. The van der Waals surface area contributed by atoms with Crippen molar-refractivity contribution < 1.29 is 28.0 Å². The minimum Gasteiger partial charge on any atom is -0.507 e. The number of aromatic hydroxyl groups is 1. The Balaban J connectivity index is 2.63. The van der Waals surface area contributed by atoms with Crippen molar-refractivity contribution >= 4 is 39.5 Å². The zero-order chi connectivity index (χ0) is 24.0. The minimum atomic E-state index is -4.10. The van der Waals surface area contributed by atoms with Gasteiger partial charge in [0.1, 0.15) is 5.75 Å². The largest absolute Gasteiger partial charge is 0.507 e. The Hall–Kier alpha value is -0.940. The van der Waals surface area contributed by atoms with Crippen molar-refractivity contribution in [3.63, 3.8) is 0 Å². The summed E-state index contributed by atoms with van der Waals surface area (Å²) in [4.78, 5) is 12.6. The molecule has 1 amide bonds. The number of carbonyl (C=O) groups is 1. The SMILES string of the molecule is CC(C)(C)c1cc(SCC(O)CSCC(=O)NCCS(=O)(=O)O)cc(C(C)(C)C)c1O. The van der Waals surface area contributed by atoms with E-state index in [1.165, 1.54) is 23.5 Å². The van der Waals surface area contributed by atoms with Gasteiger partial charge in [0.05, 0.1) is 17.6 Å². The van der Waals surface area contributed by atoms with Crippen LogP contribution in [-0.2, 0) is 25.7 Å². The lowest BCUT2D eigenvalue weighted by atomic mass is 9.79. The maximum absolute atomic E-state index is 11.7. The molecule has 0 fully saturated rings. The van der Waals surface area contributed by atoms with Crippen molar-refractivity contribution in [3.8, 4) is 5.75 Å². The molecule has 1 rings (SSSR count). The second-order valence-electron chi connectivity index (χ2n) is 9.48. The van der Waals surface area contributed by atoms with Crippen LogP contribution >= 0.6 is 23.5 Å². The van der Waals surface area contributed by atoms with Gasteiger partial charge in [-0.2, -0.15) is 8.42 Å². The molecule has 0 aromatic heterocycles. The first-order chi connectivity index (χ1) is 14.0. The Kier molecular flexibility index (Phi) is 10.2. The molecule has 10 heteroatoms. The van der Waals surface area contributed by atoms with E-state index in [4.69, 9.17) is 4.55 Å². The molecule has 1 unspecified atom stereocenters. The summed E-state index contributed by atoms with van der Waals surface area (Å²) in [5, 5.41) is 23.5. The number of phenols is 1. The minimum absolute atomic E-state index is 0.0920. The molecule has 0 saturated carbocycles. The molecule has 1 atom stereocenters. The van der Waals surface area contributed by atoms with Crippen molar-refractivity contribution in [2.75, 3.05) is 29.6 Å². The number of amides is 1. The van der Waals surface area contributed by atoms with E-state index in [2.05, 4.69) is 46.9 Å². The number of nitrogens with one attached hydrogen (secondary N) is 1. The van der Waals surface area contributed by atoms with Gasteiger partial charge in [-0.3, -0.25) is 9.35 Å². The number of rotatable bonds is 10. The summed E-state index contributed by atoms with van der Waals surface area (Å²) in [6.07, 6.45) is -0.634. The van der Waals surface area contributed by atoms with Crippen LogP contribution in [0.2, 0.25) is 0 Å². The van der Waals surface area contributed by atoms with Crippen molar-refractivity contribution in [3.05, 3.63) is 23.3 Å². The molecule has 7 nitrogen and oxygen atoms in total. The lowest BCUT2D eigenvalue weighted by molar-refractivity contribution is -0.118. The highest BCUT2D eigenvalue weighted by molar-refractivity contribution is 8.00. The first kappa shape index (κ1) is 28.1. The molecule has 0 spiro atoms. The van der Waals surface area contributed by atoms with Crippen LogP contribution in [0.25, 0.3) is 0 Å². The van der Waals surface area contributed by atoms with Crippen molar-refractivity contribution in [2.24, 2.45) is 0 Å². The van der Waals surface area contributed by atoms with E-state index in [1.807, 2.05) is 12.1 Å². The molecule has 0 aliphatic heterocycles. The van der Waals surface area contributed by atoms with Crippen molar-refractivity contribution in [1.29, 1.82) is 0 Å². The molecule has 0 radical (unpaired) electrons. The maximum atomic E-state index is 11.7. The second-order valence-corrected chi connectivity index (χ2v) is 13.2. The Morgan fingerprint density at radius 3 is 2.03 bits per heavy atom. The molecular formula is C21H35NO6S3. The fraction of sp³-hybridized carbons (Fsp3) is 0.667. The van der Waals surface area contributed by atoms with Gasteiger partial charge in [-0.15, -0.1) is 23.5 Å². The van der Waals surface area contributed by atoms with Gasteiger partial charge in [-0.25, -0.2) is 0 Å². The summed E-state index contributed by atoms with van der Waals surface area (Å²) in [5.41, 5.74) is 1.29. The predicted octanol–water partition coefficient (Wildman–Crippen LogP) is 3.18. The molecule has 1 aromatic rings. The van der Waals surface area contributed by atoms with Crippen LogP contribution < -0.4 is 5.32 Å². The van der Waals surface area contributed by atoms with Gasteiger partial charge in [-0.1, -0.05) is 41.5 Å². The third kappa shape index (κ3) is 10.5. The van der Waals surface area contributed by atoms with E-state index in [-0.39, 0.29) is 29.0 Å². The van der Waals surface area contributed by atoms with E-state index in [0.717, 1.165) is 16.0 Å². The zero-order valence-corrected chi connectivity index (χ0v) is 21.5. The highest BCUT2D eigenvalue weighted by atomic mass is 32.2. The molecule has 0 aliphatic rings. The molecule has 4 N–H and O–H groups in total. The van der Waals surface area contributed by atoms with Gasteiger partial charge in [0.15, 0.2) is 0 Å². The van der Waals surface area contributed by atoms with Crippen LogP contribution in [0.4, 0.5) is 0 Å². The van der Waals surface area contributed by atoms with Crippen LogP contribution in [0, 0.1) is 0 Å². The Morgan fingerprint density at radius 2 is 1.58 bits per heavy atom. The van der Waals surface area contributed by atoms with E-state index >= 15 is 0 Å². The first-order valence-electron chi connectivity index (χ1n) is 9.99. The van der Waals surface area contributed by atoms with Crippen molar-refractivity contribution in [1.82, 2.24) is 5.32 Å². The van der Waals surface area contributed by atoms with Gasteiger partial charge >= 0.3 is 0 Å². The molecule has 31 heavy (non-hydrogen) atoms. The summed E-state index contributed by atoms with van der Waals surface area (Å²) in [6, 6.07) is 3.94. The highest BCUT2D eigenvalue weighted by Crippen LogP contribution is 2.41. The Morgan fingerprint density at radius 1 is 1.06 bits per heavy atom. The third-order valence-electron chi connectivity index (χ3n) is 4.37. The fourth-order valence-corrected chi connectivity index (χ4v) is 4.94. The van der Waals surface area contributed by atoms with Gasteiger partial charge < -0.3 is 15.5 Å². The fourth-order valence-electron chi connectivity index (χ4n) is 2.73. The topological polar surface area (TPSA) is 124 Å². The summed E-state index contributed by atoms with van der Waals surface area (Å²) in [5.74, 6) is 0.332. The average molecular weight is 494 g/mol. The van der Waals surface area contributed by atoms with Gasteiger partial charge in [0.2, 0.25) is 5.91 Å². The van der Waals surface area contributed by atoms with Crippen LogP contribution in [-0.4, -0.2) is 64.8 Å². The molecule has 0 heterocycles. The van der Waals surface area contributed by atoms with E-state index < -0.39 is 22.0 Å². The number of aliphatic hydroxyl groups excluding tert-OH is 1. The predicted molar refractivity (Wildman–Crippen MR) is 129 cm³/mol. The van der Waals surface area contributed by atoms with E-state index in [9.17, 15) is 23.4 Å². The molecule has 1 aromatic carbocycles. The summed E-state index contributed by atoms with van der Waals surface area (Å²) in [6.45, 7) is 12.2. The number of phenolic OH excluding ortho intramolecular Hbond substituents is 1.